The van der Waals surface area contributed by atoms with Crippen LogP contribution in [0.3, 0.4) is 0 Å². The van der Waals surface area contributed by atoms with E-state index in [1.165, 1.54) is 6.33 Å². The van der Waals surface area contributed by atoms with Gasteiger partial charge in [0.15, 0.2) is 0 Å². The standard InChI is InChI=1S/C14H23ClN4/c1-4-19-7-5-11(6-8-19)18-14-12(10(2)3)13(15)16-9-17-14/h9-11H,4-8H2,1-3H3,(H,16,17,18). The van der Waals surface area contributed by atoms with Crippen molar-refractivity contribution in [3.63, 3.8) is 0 Å². The summed E-state index contributed by atoms with van der Waals surface area (Å²) in [6.45, 7) is 9.91. The van der Waals surface area contributed by atoms with Crippen LogP contribution in [0.5, 0.6) is 0 Å². The molecule has 1 N–H and O–H groups in total. The number of hydrogen-bond acceptors (Lipinski definition) is 4. The Bertz CT molecular complexity index is 414. The largest absolute Gasteiger partial charge is 0.367 e. The number of rotatable bonds is 4. The Kier molecular flexibility index (Phi) is 4.99. The molecule has 1 saturated heterocycles. The molecule has 1 fully saturated rings. The summed E-state index contributed by atoms with van der Waals surface area (Å²) < 4.78 is 0. The number of halogens is 1. The van der Waals surface area contributed by atoms with Gasteiger partial charge in [0.1, 0.15) is 17.3 Å². The van der Waals surface area contributed by atoms with Gasteiger partial charge in [0.25, 0.3) is 0 Å². The molecule has 2 heterocycles. The highest BCUT2D eigenvalue weighted by Gasteiger charge is 2.21. The first-order chi connectivity index (χ1) is 9.11. The molecule has 4 nitrogen and oxygen atoms in total. The van der Waals surface area contributed by atoms with E-state index in [9.17, 15) is 0 Å². The predicted octanol–water partition coefficient (Wildman–Crippen LogP) is 3.15. The number of aromatic nitrogens is 2. The van der Waals surface area contributed by atoms with Gasteiger partial charge in [-0.3, -0.25) is 0 Å². The number of nitrogens with one attached hydrogen (secondary N) is 1. The van der Waals surface area contributed by atoms with Gasteiger partial charge < -0.3 is 10.2 Å². The van der Waals surface area contributed by atoms with Crippen LogP contribution in [0.15, 0.2) is 6.33 Å². The van der Waals surface area contributed by atoms with E-state index < -0.39 is 0 Å². The first-order valence-corrected chi connectivity index (χ1v) is 7.48. The third-order valence-electron chi connectivity index (χ3n) is 3.79. The van der Waals surface area contributed by atoms with Crippen molar-refractivity contribution >= 4 is 17.4 Å². The molecule has 1 aromatic heterocycles. The van der Waals surface area contributed by atoms with Crippen LogP contribution in [-0.2, 0) is 0 Å². The summed E-state index contributed by atoms with van der Waals surface area (Å²) in [6, 6.07) is 0.492. The lowest BCUT2D eigenvalue weighted by Gasteiger charge is -2.32. The highest BCUT2D eigenvalue weighted by molar-refractivity contribution is 6.30. The average Bonchev–Trinajstić information content (AvgIpc) is 2.39. The van der Waals surface area contributed by atoms with Gasteiger partial charge >= 0.3 is 0 Å². The number of hydrogen-bond donors (Lipinski definition) is 1. The molecule has 1 aliphatic rings. The molecule has 5 heteroatoms. The Morgan fingerprint density at radius 3 is 2.63 bits per heavy atom. The fourth-order valence-electron chi connectivity index (χ4n) is 2.59. The van der Waals surface area contributed by atoms with Crippen LogP contribution in [0, 0.1) is 0 Å². The summed E-state index contributed by atoms with van der Waals surface area (Å²) in [6.07, 6.45) is 3.86. The van der Waals surface area contributed by atoms with Gasteiger partial charge in [0.05, 0.1) is 0 Å². The van der Waals surface area contributed by atoms with Crippen LogP contribution >= 0.6 is 11.6 Å². The lowest BCUT2D eigenvalue weighted by atomic mass is 10.0. The summed E-state index contributed by atoms with van der Waals surface area (Å²) in [5, 5.41) is 4.12. The number of anilines is 1. The molecule has 0 unspecified atom stereocenters. The molecule has 19 heavy (non-hydrogen) atoms. The van der Waals surface area contributed by atoms with Crippen LogP contribution < -0.4 is 5.32 Å². The molecule has 0 radical (unpaired) electrons. The van der Waals surface area contributed by atoms with Crippen LogP contribution in [0.1, 0.15) is 45.1 Å². The molecule has 1 aliphatic heterocycles. The van der Waals surface area contributed by atoms with E-state index in [1.807, 2.05) is 0 Å². The van der Waals surface area contributed by atoms with Gasteiger partial charge in [-0.2, -0.15) is 0 Å². The highest BCUT2D eigenvalue weighted by Crippen LogP contribution is 2.29. The molecule has 1 aromatic rings. The first-order valence-electron chi connectivity index (χ1n) is 7.11. The van der Waals surface area contributed by atoms with Gasteiger partial charge in [-0.1, -0.05) is 32.4 Å². The van der Waals surface area contributed by atoms with E-state index in [4.69, 9.17) is 11.6 Å². The quantitative estimate of drug-likeness (QED) is 0.862. The molecule has 106 valence electrons. The number of nitrogens with zero attached hydrogens (tertiary/aromatic N) is 3. The monoisotopic (exact) mass is 282 g/mol. The predicted molar refractivity (Wildman–Crippen MR) is 79.9 cm³/mol. The van der Waals surface area contributed by atoms with Crippen molar-refractivity contribution in [2.75, 3.05) is 25.0 Å². The summed E-state index contributed by atoms with van der Waals surface area (Å²) in [5.41, 5.74) is 1.03. The average molecular weight is 283 g/mol. The van der Waals surface area contributed by atoms with E-state index in [0.29, 0.717) is 17.1 Å². The summed E-state index contributed by atoms with van der Waals surface area (Å²) in [5.74, 6) is 1.23. The third kappa shape index (κ3) is 3.57. The van der Waals surface area contributed by atoms with Crippen LogP contribution in [0.2, 0.25) is 5.15 Å². The lowest BCUT2D eigenvalue weighted by Crippen LogP contribution is -2.39. The molecule has 0 aromatic carbocycles. The topological polar surface area (TPSA) is 41.0 Å². The maximum absolute atomic E-state index is 6.19. The van der Waals surface area contributed by atoms with E-state index in [-0.39, 0.29) is 0 Å². The Balaban J connectivity index is 2.06. The minimum Gasteiger partial charge on any atom is -0.367 e. The fraction of sp³-hybridized carbons (Fsp3) is 0.714. The van der Waals surface area contributed by atoms with Crippen LogP contribution in [0.25, 0.3) is 0 Å². The smallest absolute Gasteiger partial charge is 0.138 e. The molecular formula is C14H23ClN4. The van der Waals surface area contributed by atoms with Gasteiger partial charge in [-0.05, 0) is 25.3 Å². The van der Waals surface area contributed by atoms with Gasteiger partial charge in [0, 0.05) is 24.7 Å². The lowest BCUT2D eigenvalue weighted by molar-refractivity contribution is 0.229. The zero-order valence-electron chi connectivity index (χ0n) is 12.0. The second-order valence-electron chi connectivity index (χ2n) is 5.43. The Morgan fingerprint density at radius 1 is 1.37 bits per heavy atom. The van der Waals surface area contributed by atoms with E-state index in [2.05, 4.69) is 41.0 Å². The van der Waals surface area contributed by atoms with Crippen LogP contribution in [0.4, 0.5) is 5.82 Å². The SMILES string of the molecule is CCN1CCC(Nc2ncnc(Cl)c2C(C)C)CC1. The van der Waals surface area contributed by atoms with Crippen molar-refractivity contribution in [2.24, 2.45) is 0 Å². The molecule has 0 atom stereocenters. The Hall–Kier alpha value is -0.870. The van der Waals surface area contributed by atoms with Gasteiger partial charge in [0.2, 0.25) is 0 Å². The van der Waals surface area contributed by atoms with Crippen molar-refractivity contribution in [3.8, 4) is 0 Å². The Morgan fingerprint density at radius 2 is 2.05 bits per heavy atom. The first kappa shape index (κ1) is 14.5. The van der Waals surface area contributed by atoms with E-state index in [0.717, 1.165) is 43.9 Å². The molecule has 0 amide bonds. The van der Waals surface area contributed by atoms with Gasteiger partial charge in [-0.15, -0.1) is 0 Å². The van der Waals surface area contributed by atoms with Crippen molar-refractivity contribution in [1.82, 2.24) is 14.9 Å². The third-order valence-corrected chi connectivity index (χ3v) is 4.09. The summed E-state index contributed by atoms with van der Waals surface area (Å²) >= 11 is 6.19. The van der Waals surface area contributed by atoms with E-state index in [1.54, 1.807) is 0 Å². The molecule has 0 spiro atoms. The fourth-order valence-corrected chi connectivity index (χ4v) is 2.94. The van der Waals surface area contributed by atoms with E-state index >= 15 is 0 Å². The summed E-state index contributed by atoms with van der Waals surface area (Å²) in [4.78, 5) is 10.9. The minimum absolute atomic E-state index is 0.326. The highest BCUT2D eigenvalue weighted by atomic mass is 35.5. The van der Waals surface area contributed by atoms with Gasteiger partial charge in [-0.25, -0.2) is 9.97 Å². The molecular weight excluding hydrogens is 260 g/mol. The molecule has 2 rings (SSSR count). The second kappa shape index (κ2) is 6.53. The van der Waals surface area contributed by atoms with Crippen LogP contribution in [-0.4, -0.2) is 40.5 Å². The van der Waals surface area contributed by atoms with Crippen molar-refractivity contribution in [2.45, 2.75) is 45.6 Å². The van der Waals surface area contributed by atoms with Crippen molar-refractivity contribution < 1.29 is 0 Å². The number of piperidine rings is 1. The normalized spacial score (nSPS) is 17.9. The second-order valence-corrected chi connectivity index (χ2v) is 5.79. The Labute approximate surface area is 120 Å². The maximum Gasteiger partial charge on any atom is 0.138 e. The summed E-state index contributed by atoms with van der Waals surface area (Å²) in [7, 11) is 0. The molecule has 0 bridgehead atoms. The van der Waals surface area contributed by atoms with Crippen molar-refractivity contribution in [3.05, 3.63) is 17.0 Å². The zero-order chi connectivity index (χ0) is 13.8. The maximum atomic E-state index is 6.19. The molecule has 0 saturated carbocycles. The van der Waals surface area contributed by atoms with Crippen molar-refractivity contribution in [1.29, 1.82) is 0 Å². The minimum atomic E-state index is 0.326. The zero-order valence-corrected chi connectivity index (χ0v) is 12.7. The number of likely N-dealkylation sites (tertiary alicyclic amines) is 1. The molecule has 0 aliphatic carbocycles.